The standard InChI is InChI=1S/C20H18ClN5O2/c1-2-17-23-24-19-20(28)25(15-5-3-4-6-16(15)26(17)19)12-18(27)22-11-13-7-9-14(21)10-8-13/h3-10H,2,11-12H2,1H3,(H,22,27). The first kappa shape index (κ1) is 18.2. The summed E-state index contributed by atoms with van der Waals surface area (Å²) in [6.45, 7) is 2.22. The number of aryl methyl sites for hydroxylation is 1. The van der Waals surface area contributed by atoms with Crippen LogP contribution in [-0.2, 0) is 24.3 Å². The summed E-state index contributed by atoms with van der Waals surface area (Å²) in [7, 11) is 0. The maximum absolute atomic E-state index is 13.0. The lowest BCUT2D eigenvalue weighted by Crippen LogP contribution is -2.33. The van der Waals surface area contributed by atoms with Gasteiger partial charge in [-0.15, -0.1) is 10.2 Å². The highest BCUT2D eigenvalue weighted by Gasteiger charge is 2.17. The summed E-state index contributed by atoms with van der Waals surface area (Å²) in [5, 5.41) is 11.6. The average Bonchev–Trinajstić information content (AvgIpc) is 3.15. The van der Waals surface area contributed by atoms with Gasteiger partial charge in [-0.1, -0.05) is 42.8 Å². The van der Waals surface area contributed by atoms with E-state index in [0.717, 1.165) is 11.1 Å². The first-order valence-electron chi connectivity index (χ1n) is 8.95. The van der Waals surface area contributed by atoms with Crippen LogP contribution in [0, 0.1) is 0 Å². The fourth-order valence-electron chi connectivity index (χ4n) is 3.21. The molecule has 0 aliphatic heterocycles. The summed E-state index contributed by atoms with van der Waals surface area (Å²) in [4.78, 5) is 25.5. The van der Waals surface area contributed by atoms with Crippen molar-refractivity contribution in [3.8, 4) is 0 Å². The Hall–Kier alpha value is -3.19. The Morgan fingerprint density at radius 2 is 1.79 bits per heavy atom. The molecular formula is C20H18ClN5O2. The summed E-state index contributed by atoms with van der Waals surface area (Å²) < 4.78 is 3.20. The highest BCUT2D eigenvalue weighted by atomic mass is 35.5. The third-order valence-corrected chi connectivity index (χ3v) is 4.85. The minimum absolute atomic E-state index is 0.0994. The number of rotatable bonds is 5. The molecule has 142 valence electrons. The number of carbonyl (C=O) groups excluding carboxylic acids is 1. The number of aromatic nitrogens is 4. The third kappa shape index (κ3) is 3.25. The topological polar surface area (TPSA) is 81.3 Å². The van der Waals surface area contributed by atoms with Crippen molar-refractivity contribution in [3.05, 3.63) is 75.3 Å². The first-order chi connectivity index (χ1) is 13.6. The summed E-state index contributed by atoms with van der Waals surface area (Å²) in [5.74, 6) is 0.449. The Labute approximate surface area is 165 Å². The number of hydrogen-bond acceptors (Lipinski definition) is 4. The molecule has 2 aromatic carbocycles. The number of nitrogens with one attached hydrogen (secondary N) is 1. The summed E-state index contributed by atoms with van der Waals surface area (Å²) in [6, 6.07) is 14.7. The molecule has 1 N–H and O–H groups in total. The van der Waals surface area contributed by atoms with Crippen LogP contribution in [0.3, 0.4) is 0 Å². The van der Waals surface area contributed by atoms with Crippen LogP contribution in [-0.4, -0.2) is 25.1 Å². The van der Waals surface area contributed by atoms with Gasteiger partial charge in [0.2, 0.25) is 11.6 Å². The molecule has 0 saturated heterocycles. The summed E-state index contributed by atoms with van der Waals surface area (Å²) in [5.41, 5.74) is 2.27. The van der Waals surface area contributed by atoms with Crippen molar-refractivity contribution in [3.63, 3.8) is 0 Å². The molecule has 4 aromatic rings. The van der Waals surface area contributed by atoms with Crippen molar-refractivity contribution in [1.82, 2.24) is 24.5 Å². The number of para-hydroxylation sites is 2. The Kier molecular flexibility index (Phi) is 4.83. The van der Waals surface area contributed by atoms with E-state index >= 15 is 0 Å². The smallest absolute Gasteiger partial charge is 0.297 e. The Balaban J connectivity index is 1.68. The molecule has 4 rings (SSSR count). The molecule has 0 bridgehead atoms. The van der Waals surface area contributed by atoms with Gasteiger partial charge in [-0.05, 0) is 29.8 Å². The van der Waals surface area contributed by atoms with E-state index in [1.54, 1.807) is 16.5 Å². The van der Waals surface area contributed by atoms with E-state index in [4.69, 9.17) is 11.6 Å². The number of fused-ring (bicyclic) bond motifs is 3. The predicted molar refractivity (Wildman–Crippen MR) is 107 cm³/mol. The van der Waals surface area contributed by atoms with Gasteiger partial charge >= 0.3 is 0 Å². The zero-order valence-corrected chi connectivity index (χ0v) is 16.0. The Morgan fingerprint density at radius 3 is 2.50 bits per heavy atom. The number of halogens is 1. The van der Waals surface area contributed by atoms with Crippen molar-refractivity contribution in [1.29, 1.82) is 0 Å². The van der Waals surface area contributed by atoms with Crippen molar-refractivity contribution >= 4 is 34.2 Å². The third-order valence-electron chi connectivity index (χ3n) is 4.60. The highest BCUT2D eigenvalue weighted by Crippen LogP contribution is 2.15. The van der Waals surface area contributed by atoms with Gasteiger partial charge in [0.05, 0.1) is 11.0 Å². The van der Waals surface area contributed by atoms with Gasteiger partial charge in [0.15, 0.2) is 0 Å². The predicted octanol–water partition coefficient (Wildman–Crippen LogP) is 2.58. The van der Waals surface area contributed by atoms with E-state index in [-0.39, 0.29) is 23.7 Å². The quantitative estimate of drug-likeness (QED) is 0.563. The summed E-state index contributed by atoms with van der Waals surface area (Å²) in [6.07, 6.45) is 0.649. The SMILES string of the molecule is CCc1nnc2c(=O)n(CC(=O)NCc3ccc(Cl)cc3)c3ccccc3n12. The number of nitrogens with zero attached hydrogens (tertiary/aromatic N) is 4. The van der Waals surface area contributed by atoms with Crippen molar-refractivity contribution < 1.29 is 4.79 Å². The average molecular weight is 396 g/mol. The molecule has 0 fully saturated rings. The minimum atomic E-state index is -0.340. The highest BCUT2D eigenvalue weighted by molar-refractivity contribution is 6.30. The normalized spacial score (nSPS) is 11.2. The Bertz CT molecular complexity index is 1230. The molecule has 0 radical (unpaired) electrons. The van der Waals surface area contributed by atoms with Crippen molar-refractivity contribution in [2.75, 3.05) is 0 Å². The molecule has 28 heavy (non-hydrogen) atoms. The lowest BCUT2D eigenvalue weighted by molar-refractivity contribution is -0.121. The van der Waals surface area contributed by atoms with E-state index in [1.807, 2.05) is 43.3 Å². The van der Waals surface area contributed by atoms with Gasteiger partial charge < -0.3 is 5.32 Å². The second kappa shape index (κ2) is 7.44. The second-order valence-electron chi connectivity index (χ2n) is 6.41. The number of amides is 1. The van der Waals surface area contributed by atoms with Gasteiger partial charge in [0.25, 0.3) is 5.56 Å². The van der Waals surface area contributed by atoms with Gasteiger partial charge in [0.1, 0.15) is 12.4 Å². The first-order valence-corrected chi connectivity index (χ1v) is 9.33. The molecule has 1 amide bonds. The van der Waals surface area contributed by atoms with Crippen LogP contribution in [0.5, 0.6) is 0 Å². The molecule has 8 heteroatoms. The van der Waals surface area contributed by atoms with Crippen LogP contribution >= 0.6 is 11.6 Å². The van der Waals surface area contributed by atoms with E-state index in [9.17, 15) is 9.59 Å². The second-order valence-corrected chi connectivity index (χ2v) is 6.85. The largest absolute Gasteiger partial charge is 0.350 e. The molecule has 0 unspecified atom stereocenters. The molecule has 0 aliphatic carbocycles. The van der Waals surface area contributed by atoms with Gasteiger partial charge in [-0.2, -0.15) is 0 Å². The molecule has 0 saturated carbocycles. The van der Waals surface area contributed by atoms with Crippen LogP contribution in [0.1, 0.15) is 18.3 Å². The van der Waals surface area contributed by atoms with Crippen LogP contribution in [0.2, 0.25) is 5.02 Å². The van der Waals surface area contributed by atoms with E-state index in [2.05, 4.69) is 15.5 Å². The molecule has 7 nitrogen and oxygen atoms in total. The van der Waals surface area contributed by atoms with E-state index in [1.165, 1.54) is 4.57 Å². The number of benzene rings is 2. The molecule has 2 heterocycles. The number of carbonyl (C=O) groups is 1. The lowest BCUT2D eigenvalue weighted by atomic mass is 10.2. The zero-order chi connectivity index (χ0) is 19.7. The van der Waals surface area contributed by atoms with Crippen molar-refractivity contribution in [2.24, 2.45) is 0 Å². The Morgan fingerprint density at radius 1 is 1.07 bits per heavy atom. The van der Waals surface area contributed by atoms with Gasteiger partial charge in [0, 0.05) is 18.0 Å². The fraction of sp³-hybridized carbons (Fsp3) is 0.200. The molecule has 0 atom stereocenters. The van der Waals surface area contributed by atoms with Crippen LogP contribution < -0.4 is 10.9 Å². The monoisotopic (exact) mass is 395 g/mol. The molecule has 0 aliphatic rings. The summed E-state index contributed by atoms with van der Waals surface area (Å²) >= 11 is 5.88. The zero-order valence-electron chi connectivity index (χ0n) is 15.2. The van der Waals surface area contributed by atoms with Gasteiger partial charge in [-0.3, -0.25) is 18.6 Å². The molecular weight excluding hydrogens is 378 g/mol. The van der Waals surface area contributed by atoms with Crippen LogP contribution in [0.4, 0.5) is 0 Å². The van der Waals surface area contributed by atoms with Gasteiger partial charge in [-0.25, -0.2) is 0 Å². The molecule has 0 spiro atoms. The molecule has 2 aromatic heterocycles. The van der Waals surface area contributed by atoms with E-state index < -0.39 is 0 Å². The van der Waals surface area contributed by atoms with Crippen LogP contribution in [0.25, 0.3) is 16.7 Å². The van der Waals surface area contributed by atoms with E-state index in [0.29, 0.717) is 29.3 Å². The maximum Gasteiger partial charge on any atom is 0.297 e. The maximum atomic E-state index is 13.0. The number of hydrogen-bond donors (Lipinski definition) is 1. The fourth-order valence-corrected chi connectivity index (χ4v) is 3.33. The van der Waals surface area contributed by atoms with Crippen LogP contribution in [0.15, 0.2) is 53.3 Å². The lowest BCUT2D eigenvalue weighted by Gasteiger charge is -2.12. The minimum Gasteiger partial charge on any atom is -0.350 e. The van der Waals surface area contributed by atoms with Crippen molar-refractivity contribution in [2.45, 2.75) is 26.4 Å².